The molecule has 0 saturated heterocycles. The summed E-state index contributed by atoms with van der Waals surface area (Å²) in [6.45, 7) is 3.29. The molecule has 0 amide bonds. The Kier molecular flexibility index (Phi) is 3.14. The van der Waals surface area contributed by atoms with Gasteiger partial charge in [-0.1, -0.05) is 0 Å². The van der Waals surface area contributed by atoms with Crippen molar-refractivity contribution in [1.82, 2.24) is 9.97 Å². The molecule has 0 saturated carbocycles. The molecule has 1 aromatic heterocycles. The largest absolute Gasteiger partial charge is 0.328 e. The summed E-state index contributed by atoms with van der Waals surface area (Å²) in [5.41, 5.74) is 0.735. The third-order valence-electron chi connectivity index (χ3n) is 1.29. The number of anilines is 1. The lowest BCUT2D eigenvalue weighted by Crippen LogP contribution is -2.01. The van der Waals surface area contributed by atoms with Gasteiger partial charge in [-0.25, -0.2) is 9.97 Å². The second-order valence-electron chi connectivity index (χ2n) is 2.64. The number of nitrogens with one attached hydrogen (secondary N) is 1. The first-order chi connectivity index (χ1) is 6.18. The smallest absolute Gasteiger partial charge is 0.226 e. The van der Waals surface area contributed by atoms with E-state index in [9.17, 15) is 4.79 Å². The number of carbonyl (C=O) groups excluding carboxylic acids is 1. The maximum atomic E-state index is 10.7. The molecule has 0 fully saturated rings. The maximum absolute atomic E-state index is 10.7. The van der Waals surface area contributed by atoms with Gasteiger partial charge in [-0.3, -0.25) is 4.79 Å². The van der Waals surface area contributed by atoms with Crippen LogP contribution in [0.3, 0.4) is 0 Å². The molecule has 0 unspecified atom stereocenters. The van der Waals surface area contributed by atoms with E-state index in [-0.39, 0.29) is 5.78 Å². The van der Waals surface area contributed by atoms with Crippen LogP contribution in [0.4, 0.5) is 5.95 Å². The molecule has 1 aromatic rings. The number of hydrogen-bond acceptors (Lipinski definition) is 4. The molecular weight excluding hydrogens is 166 g/mol. The molecule has 1 N–H and O–H groups in total. The summed E-state index contributed by atoms with van der Waals surface area (Å²) in [7, 11) is 0. The number of aromatic nitrogens is 2. The summed E-state index contributed by atoms with van der Waals surface area (Å²) in [4.78, 5) is 18.6. The van der Waals surface area contributed by atoms with Gasteiger partial charge in [-0.05, 0) is 26.0 Å². The van der Waals surface area contributed by atoms with Crippen LogP contribution < -0.4 is 5.32 Å². The monoisotopic (exact) mass is 177 g/mol. The van der Waals surface area contributed by atoms with Crippen LogP contribution in [0.2, 0.25) is 0 Å². The third kappa shape index (κ3) is 3.46. The summed E-state index contributed by atoms with van der Waals surface area (Å²) >= 11 is 0. The number of allylic oxidation sites excluding steroid dienone is 2. The molecule has 0 spiro atoms. The van der Waals surface area contributed by atoms with Crippen LogP contribution in [-0.4, -0.2) is 15.8 Å². The number of ketones is 1. The van der Waals surface area contributed by atoms with Crippen molar-refractivity contribution in [3.63, 3.8) is 0 Å². The van der Waals surface area contributed by atoms with Crippen LogP contribution in [0.25, 0.3) is 0 Å². The lowest BCUT2D eigenvalue weighted by Gasteiger charge is -2.01. The van der Waals surface area contributed by atoms with Gasteiger partial charge in [0.05, 0.1) is 0 Å². The first-order valence-electron chi connectivity index (χ1n) is 3.91. The fraction of sp³-hybridized carbons (Fsp3) is 0.222. The van der Waals surface area contributed by atoms with Crippen molar-refractivity contribution in [2.45, 2.75) is 13.8 Å². The summed E-state index contributed by atoms with van der Waals surface area (Å²) < 4.78 is 0. The molecule has 4 heteroatoms. The molecule has 0 aromatic carbocycles. The first kappa shape index (κ1) is 9.38. The molecular formula is C9H11N3O. The Morgan fingerprint density at radius 2 is 2.00 bits per heavy atom. The Balaban J connectivity index is 2.65. The molecule has 0 atom stereocenters. The van der Waals surface area contributed by atoms with Gasteiger partial charge in [-0.2, -0.15) is 0 Å². The van der Waals surface area contributed by atoms with Crippen molar-refractivity contribution in [1.29, 1.82) is 0 Å². The summed E-state index contributed by atoms with van der Waals surface area (Å²) in [6.07, 6.45) is 4.77. The minimum atomic E-state index is 0.000862. The van der Waals surface area contributed by atoms with E-state index in [0.29, 0.717) is 5.95 Å². The standard InChI is InChI=1S/C9H11N3O/c1-7(6-8(2)13)12-9-10-4-3-5-11-9/h3-6H,1-2H3,(H,10,11,12)/b7-6+. The molecule has 0 radical (unpaired) electrons. The Morgan fingerprint density at radius 1 is 1.38 bits per heavy atom. The quantitative estimate of drug-likeness (QED) is 0.709. The van der Waals surface area contributed by atoms with Crippen LogP contribution in [0.1, 0.15) is 13.8 Å². The van der Waals surface area contributed by atoms with E-state index in [1.807, 2.05) is 0 Å². The van der Waals surface area contributed by atoms with Gasteiger partial charge in [0.1, 0.15) is 0 Å². The van der Waals surface area contributed by atoms with Crippen molar-refractivity contribution in [3.8, 4) is 0 Å². The Hall–Kier alpha value is -1.71. The second-order valence-corrected chi connectivity index (χ2v) is 2.64. The van der Waals surface area contributed by atoms with Gasteiger partial charge in [0.15, 0.2) is 5.78 Å². The van der Waals surface area contributed by atoms with E-state index in [0.717, 1.165) is 5.70 Å². The molecule has 0 aliphatic heterocycles. The van der Waals surface area contributed by atoms with Crippen molar-refractivity contribution in [2.24, 2.45) is 0 Å². The minimum absolute atomic E-state index is 0.000862. The third-order valence-corrected chi connectivity index (χ3v) is 1.29. The number of nitrogens with zero attached hydrogens (tertiary/aromatic N) is 2. The Morgan fingerprint density at radius 3 is 2.54 bits per heavy atom. The first-order valence-corrected chi connectivity index (χ1v) is 3.91. The molecule has 1 heterocycles. The fourth-order valence-corrected chi connectivity index (χ4v) is 0.881. The molecule has 4 nitrogen and oxygen atoms in total. The van der Waals surface area contributed by atoms with Crippen molar-refractivity contribution in [2.75, 3.05) is 5.32 Å². The second kappa shape index (κ2) is 4.35. The van der Waals surface area contributed by atoms with E-state index in [4.69, 9.17) is 0 Å². The van der Waals surface area contributed by atoms with E-state index in [1.54, 1.807) is 25.4 Å². The van der Waals surface area contributed by atoms with Gasteiger partial charge in [0.2, 0.25) is 5.95 Å². The molecule has 1 rings (SSSR count). The van der Waals surface area contributed by atoms with Gasteiger partial charge in [-0.15, -0.1) is 0 Å². The van der Waals surface area contributed by atoms with Gasteiger partial charge in [0.25, 0.3) is 0 Å². The van der Waals surface area contributed by atoms with Crippen LogP contribution in [-0.2, 0) is 4.79 Å². The van der Waals surface area contributed by atoms with Crippen molar-refractivity contribution >= 4 is 11.7 Å². The zero-order valence-corrected chi connectivity index (χ0v) is 7.61. The lowest BCUT2D eigenvalue weighted by molar-refractivity contribution is -0.112. The molecule has 0 aliphatic rings. The van der Waals surface area contributed by atoms with Crippen LogP contribution in [0, 0.1) is 0 Å². The number of hydrogen-bond donors (Lipinski definition) is 1. The normalized spacial score (nSPS) is 11.1. The van der Waals surface area contributed by atoms with E-state index in [1.165, 1.54) is 13.0 Å². The summed E-state index contributed by atoms with van der Waals surface area (Å²) in [5, 5.41) is 2.89. The maximum Gasteiger partial charge on any atom is 0.226 e. The molecule has 0 bridgehead atoms. The van der Waals surface area contributed by atoms with Gasteiger partial charge < -0.3 is 5.32 Å². The van der Waals surface area contributed by atoms with Crippen molar-refractivity contribution < 1.29 is 4.79 Å². The molecule has 13 heavy (non-hydrogen) atoms. The van der Waals surface area contributed by atoms with E-state index >= 15 is 0 Å². The predicted molar refractivity (Wildman–Crippen MR) is 50.1 cm³/mol. The van der Waals surface area contributed by atoms with E-state index < -0.39 is 0 Å². The highest BCUT2D eigenvalue weighted by molar-refractivity contribution is 5.88. The summed E-state index contributed by atoms with van der Waals surface area (Å²) in [6, 6.07) is 1.73. The van der Waals surface area contributed by atoms with Crippen LogP contribution in [0.5, 0.6) is 0 Å². The zero-order chi connectivity index (χ0) is 9.68. The van der Waals surface area contributed by atoms with Crippen molar-refractivity contribution in [3.05, 3.63) is 30.2 Å². The predicted octanol–water partition coefficient (Wildman–Crippen LogP) is 1.38. The molecule has 68 valence electrons. The number of rotatable bonds is 3. The van der Waals surface area contributed by atoms with Gasteiger partial charge in [0, 0.05) is 18.1 Å². The Bertz CT molecular complexity index is 319. The minimum Gasteiger partial charge on any atom is -0.328 e. The van der Waals surface area contributed by atoms with E-state index in [2.05, 4.69) is 15.3 Å². The average molecular weight is 177 g/mol. The topological polar surface area (TPSA) is 54.9 Å². The highest BCUT2D eigenvalue weighted by Gasteiger charge is 1.94. The summed E-state index contributed by atoms with van der Waals surface area (Å²) in [5.74, 6) is 0.499. The highest BCUT2D eigenvalue weighted by Crippen LogP contribution is 1.99. The Labute approximate surface area is 76.7 Å². The SMILES string of the molecule is CC(=O)/C=C(\C)Nc1ncccn1. The number of carbonyl (C=O) groups is 1. The van der Waals surface area contributed by atoms with Crippen LogP contribution in [0.15, 0.2) is 30.2 Å². The fourth-order valence-electron chi connectivity index (χ4n) is 0.881. The highest BCUT2D eigenvalue weighted by atomic mass is 16.1. The zero-order valence-electron chi connectivity index (χ0n) is 7.61. The van der Waals surface area contributed by atoms with Crippen LogP contribution >= 0.6 is 0 Å². The average Bonchev–Trinajstić information content (AvgIpc) is 2.04. The molecule has 0 aliphatic carbocycles. The van der Waals surface area contributed by atoms with Gasteiger partial charge >= 0.3 is 0 Å². The lowest BCUT2D eigenvalue weighted by atomic mass is 10.3.